The molecule has 0 aliphatic carbocycles. The Hall–Kier alpha value is -1.64. The van der Waals surface area contributed by atoms with Gasteiger partial charge in [-0.05, 0) is 18.6 Å². The Balaban J connectivity index is 1.57. The zero-order chi connectivity index (χ0) is 16.8. The van der Waals surface area contributed by atoms with Crippen LogP contribution in [0.2, 0.25) is 5.02 Å². The molecule has 1 N–H and O–H groups in total. The monoisotopic (exact) mass is 381 g/mol. The van der Waals surface area contributed by atoms with Gasteiger partial charge < -0.3 is 9.73 Å². The highest BCUT2D eigenvalue weighted by atomic mass is 35.5. The van der Waals surface area contributed by atoms with E-state index >= 15 is 0 Å². The van der Waals surface area contributed by atoms with Crippen molar-refractivity contribution in [2.24, 2.45) is 0 Å². The lowest BCUT2D eigenvalue weighted by atomic mass is 10.2. The highest BCUT2D eigenvalue weighted by molar-refractivity contribution is 8.00. The van der Waals surface area contributed by atoms with Crippen LogP contribution in [0, 0.1) is 0 Å². The Labute approximate surface area is 153 Å². The molecule has 2 heterocycles. The van der Waals surface area contributed by atoms with E-state index in [0.29, 0.717) is 22.6 Å². The third kappa shape index (κ3) is 4.46. The minimum atomic E-state index is 0.426. The van der Waals surface area contributed by atoms with E-state index in [-0.39, 0.29) is 0 Å². The average molecular weight is 382 g/mol. The molecule has 9 heteroatoms. The predicted molar refractivity (Wildman–Crippen MR) is 97.6 cm³/mol. The fourth-order valence-electron chi connectivity index (χ4n) is 1.89. The molecule has 0 bridgehead atoms. The van der Waals surface area contributed by atoms with Gasteiger partial charge in [-0.2, -0.15) is 0 Å². The summed E-state index contributed by atoms with van der Waals surface area (Å²) in [7, 11) is 0. The van der Waals surface area contributed by atoms with Crippen molar-refractivity contribution < 1.29 is 4.42 Å². The fourth-order valence-corrected chi connectivity index (χ4v) is 3.72. The summed E-state index contributed by atoms with van der Waals surface area (Å²) in [5, 5.41) is 21.1. The number of thioether (sulfide) groups is 1. The Kier molecular flexibility index (Phi) is 6.06. The average Bonchev–Trinajstić information content (AvgIpc) is 3.23. The van der Waals surface area contributed by atoms with Crippen molar-refractivity contribution >= 4 is 39.8 Å². The number of hydrogen-bond donors (Lipinski definition) is 1. The number of benzene rings is 1. The summed E-state index contributed by atoms with van der Waals surface area (Å²) in [5.74, 6) is 1.50. The molecule has 0 saturated heterocycles. The van der Waals surface area contributed by atoms with Gasteiger partial charge in [-0.3, -0.25) is 0 Å². The van der Waals surface area contributed by atoms with Crippen LogP contribution in [0.4, 0.5) is 5.13 Å². The zero-order valence-electron chi connectivity index (χ0n) is 13.0. The highest BCUT2D eigenvalue weighted by Crippen LogP contribution is 2.30. The van der Waals surface area contributed by atoms with Crippen molar-refractivity contribution in [3.05, 3.63) is 35.2 Å². The van der Waals surface area contributed by atoms with Gasteiger partial charge in [-0.15, -0.1) is 20.4 Å². The normalized spacial score (nSPS) is 10.9. The quantitative estimate of drug-likeness (QED) is 0.445. The number of nitrogens with zero attached hydrogens (tertiary/aromatic N) is 4. The number of unbranched alkanes of at least 4 members (excludes halogenated alkanes) is 1. The number of aromatic nitrogens is 4. The van der Waals surface area contributed by atoms with E-state index in [9.17, 15) is 0 Å². The van der Waals surface area contributed by atoms with Gasteiger partial charge in [0.2, 0.25) is 16.9 Å². The van der Waals surface area contributed by atoms with Gasteiger partial charge in [0.1, 0.15) is 0 Å². The molecular formula is C15H16ClN5OS2. The molecule has 126 valence electrons. The van der Waals surface area contributed by atoms with E-state index in [4.69, 9.17) is 16.0 Å². The molecule has 0 saturated carbocycles. The number of rotatable bonds is 8. The third-order valence-electron chi connectivity index (χ3n) is 3.10. The Morgan fingerprint density at radius 2 is 2.08 bits per heavy atom. The largest absolute Gasteiger partial charge is 0.420 e. The second-order valence-corrected chi connectivity index (χ2v) is 7.53. The lowest BCUT2D eigenvalue weighted by molar-refractivity contribution is 0.528. The van der Waals surface area contributed by atoms with Gasteiger partial charge in [0, 0.05) is 6.54 Å². The Morgan fingerprint density at radius 1 is 1.21 bits per heavy atom. The standard InChI is InChI=1S/C15H16ClN5OS2/c1-2-3-8-17-14-20-21-15(24-14)23-9-12-18-19-13(22-12)10-6-4-5-7-11(10)16/h4-7H,2-3,8-9H2,1H3,(H,17,20). The molecule has 6 nitrogen and oxygen atoms in total. The minimum Gasteiger partial charge on any atom is -0.420 e. The number of anilines is 1. The molecular weight excluding hydrogens is 366 g/mol. The van der Waals surface area contributed by atoms with Crippen molar-refractivity contribution in [1.29, 1.82) is 0 Å². The molecule has 2 aromatic heterocycles. The van der Waals surface area contributed by atoms with Crippen LogP contribution < -0.4 is 5.32 Å². The Morgan fingerprint density at radius 3 is 2.92 bits per heavy atom. The molecule has 0 amide bonds. The molecule has 0 unspecified atom stereocenters. The molecule has 3 aromatic rings. The lowest BCUT2D eigenvalue weighted by Crippen LogP contribution is -1.99. The summed E-state index contributed by atoms with van der Waals surface area (Å²) < 4.78 is 6.54. The van der Waals surface area contributed by atoms with E-state index in [1.807, 2.05) is 18.2 Å². The van der Waals surface area contributed by atoms with Crippen LogP contribution >= 0.6 is 34.7 Å². The van der Waals surface area contributed by atoms with Crippen LogP contribution in [0.1, 0.15) is 25.7 Å². The van der Waals surface area contributed by atoms with Gasteiger partial charge in [0.25, 0.3) is 0 Å². The molecule has 0 spiro atoms. The molecule has 0 fully saturated rings. The van der Waals surface area contributed by atoms with Crippen LogP contribution in [0.15, 0.2) is 33.0 Å². The number of hydrogen-bond acceptors (Lipinski definition) is 8. The summed E-state index contributed by atoms with van der Waals surface area (Å²) >= 11 is 9.19. The molecule has 24 heavy (non-hydrogen) atoms. The maximum absolute atomic E-state index is 6.14. The van der Waals surface area contributed by atoms with Crippen LogP contribution in [-0.4, -0.2) is 26.9 Å². The van der Waals surface area contributed by atoms with Crippen molar-refractivity contribution in [2.75, 3.05) is 11.9 Å². The van der Waals surface area contributed by atoms with Crippen LogP contribution in [-0.2, 0) is 5.75 Å². The van der Waals surface area contributed by atoms with Gasteiger partial charge in [-0.25, -0.2) is 0 Å². The Bertz CT molecular complexity index is 792. The van der Waals surface area contributed by atoms with Crippen LogP contribution in [0.25, 0.3) is 11.5 Å². The topological polar surface area (TPSA) is 76.7 Å². The molecule has 3 rings (SSSR count). The summed E-state index contributed by atoms with van der Waals surface area (Å²) in [4.78, 5) is 0. The van der Waals surface area contributed by atoms with Gasteiger partial charge >= 0.3 is 0 Å². The molecule has 0 aliphatic rings. The van der Waals surface area contributed by atoms with Crippen molar-refractivity contribution in [2.45, 2.75) is 29.9 Å². The van der Waals surface area contributed by atoms with Gasteiger partial charge in [-0.1, -0.05) is 60.2 Å². The number of halogens is 1. The highest BCUT2D eigenvalue weighted by Gasteiger charge is 2.13. The molecule has 1 aromatic carbocycles. The van der Waals surface area contributed by atoms with Crippen molar-refractivity contribution in [1.82, 2.24) is 20.4 Å². The summed E-state index contributed by atoms with van der Waals surface area (Å²) in [6, 6.07) is 7.39. The molecule has 0 radical (unpaired) electrons. The first-order valence-corrected chi connectivity index (χ1v) is 9.71. The first-order valence-electron chi connectivity index (χ1n) is 7.53. The third-order valence-corrected chi connectivity index (χ3v) is 5.43. The van der Waals surface area contributed by atoms with Crippen LogP contribution in [0.5, 0.6) is 0 Å². The molecule has 0 atom stereocenters. The maximum Gasteiger partial charge on any atom is 0.249 e. The fraction of sp³-hybridized carbons (Fsp3) is 0.333. The maximum atomic E-state index is 6.14. The SMILES string of the molecule is CCCCNc1nnc(SCc2nnc(-c3ccccc3Cl)o2)s1. The first kappa shape index (κ1) is 17.2. The summed E-state index contributed by atoms with van der Waals surface area (Å²) in [6.45, 7) is 3.07. The smallest absolute Gasteiger partial charge is 0.249 e. The van der Waals surface area contributed by atoms with Gasteiger partial charge in [0.05, 0.1) is 16.3 Å². The zero-order valence-corrected chi connectivity index (χ0v) is 15.4. The van der Waals surface area contributed by atoms with E-state index in [1.54, 1.807) is 6.07 Å². The van der Waals surface area contributed by atoms with E-state index in [2.05, 4.69) is 32.6 Å². The summed E-state index contributed by atoms with van der Waals surface area (Å²) in [5.41, 5.74) is 0.737. The second kappa shape index (κ2) is 8.46. The van der Waals surface area contributed by atoms with Crippen LogP contribution in [0.3, 0.4) is 0 Å². The van der Waals surface area contributed by atoms with E-state index in [1.165, 1.54) is 23.1 Å². The number of nitrogens with one attached hydrogen (secondary N) is 1. The van der Waals surface area contributed by atoms with Crippen molar-refractivity contribution in [3.8, 4) is 11.5 Å². The second-order valence-electron chi connectivity index (χ2n) is 4.92. The van der Waals surface area contributed by atoms with E-state index < -0.39 is 0 Å². The van der Waals surface area contributed by atoms with Crippen molar-refractivity contribution in [3.63, 3.8) is 0 Å². The van der Waals surface area contributed by atoms with Gasteiger partial charge in [0.15, 0.2) is 4.34 Å². The predicted octanol–water partition coefficient (Wildman–Crippen LogP) is 4.75. The summed E-state index contributed by atoms with van der Waals surface area (Å²) in [6.07, 6.45) is 2.27. The first-order chi connectivity index (χ1) is 11.8. The van der Waals surface area contributed by atoms with E-state index in [0.717, 1.165) is 34.4 Å². The lowest BCUT2D eigenvalue weighted by Gasteiger charge is -1.97. The molecule has 0 aliphatic heterocycles. The minimum absolute atomic E-state index is 0.426.